The number of thiazole rings is 1. The molecule has 2 rings (SSSR count). The molecule has 1 aliphatic rings. The van der Waals surface area contributed by atoms with Crippen molar-refractivity contribution in [3.8, 4) is 0 Å². The molecule has 0 saturated carbocycles. The standard InChI is InChI=1S/C12H19N5O3S/c1-14-10(18)7-6-20-5-4-17(7)11(19)8-9(13)15-12(21-8)16(2)3/h7H,4-6,13H2,1-3H3,(H,14,18). The van der Waals surface area contributed by atoms with Crippen LogP contribution in [-0.4, -0.2) is 68.6 Å². The summed E-state index contributed by atoms with van der Waals surface area (Å²) in [5, 5.41) is 3.20. The number of carbonyl (C=O) groups is 2. The van der Waals surface area contributed by atoms with E-state index >= 15 is 0 Å². The molecule has 9 heteroatoms. The van der Waals surface area contributed by atoms with Crippen molar-refractivity contribution >= 4 is 34.1 Å². The van der Waals surface area contributed by atoms with E-state index in [9.17, 15) is 9.59 Å². The van der Waals surface area contributed by atoms with Crippen LogP contribution in [0.15, 0.2) is 0 Å². The Balaban J connectivity index is 2.26. The molecule has 0 radical (unpaired) electrons. The van der Waals surface area contributed by atoms with Crippen molar-refractivity contribution < 1.29 is 14.3 Å². The number of nitrogen functional groups attached to an aromatic ring is 1. The van der Waals surface area contributed by atoms with Crippen LogP contribution in [-0.2, 0) is 9.53 Å². The SMILES string of the molecule is CNC(=O)C1COCCN1C(=O)c1sc(N(C)C)nc1N. The molecule has 2 amide bonds. The molecule has 1 atom stereocenters. The lowest BCUT2D eigenvalue weighted by molar-refractivity contribution is -0.130. The van der Waals surface area contributed by atoms with Crippen LogP contribution in [0.25, 0.3) is 0 Å². The highest BCUT2D eigenvalue weighted by molar-refractivity contribution is 7.18. The van der Waals surface area contributed by atoms with Crippen molar-refractivity contribution in [2.75, 3.05) is 51.5 Å². The van der Waals surface area contributed by atoms with Gasteiger partial charge in [0.1, 0.15) is 16.7 Å². The first-order valence-corrected chi connectivity index (χ1v) is 7.31. The Morgan fingerprint density at radius 2 is 2.24 bits per heavy atom. The molecule has 21 heavy (non-hydrogen) atoms. The van der Waals surface area contributed by atoms with E-state index in [0.29, 0.717) is 23.2 Å². The van der Waals surface area contributed by atoms with Gasteiger partial charge < -0.3 is 25.6 Å². The van der Waals surface area contributed by atoms with Crippen LogP contribution >= 0.6 is 11.3 Å². The fourth-order valence-corrected chi connectivity index (χ4v) is 2.89. The third-order valence-electron chi connectivity index (χ3n) is 3.16. The predicted molar refractivity (Wildman–Crippen MR) is 80.6 cm³/mol. The van der Waals surface area contributed by atoms with E-state index in [-0.39, 0.29) is 24.2 Å². The second-order valence-corrected chi connectivity index (χ2v) is 5.79. The molecule has 0 aromatic carbocycles. The zero-order valence-electron chi connectivity index (χ0n) is 12.3. The van der Waals surface area contributed by atoms with E-state index in [1.165, 1.54) is 23.3 Å². The molecule has 1 fully saturated rings. The van der Waals surface area contributed by atoms with Gasteiger partial charge in [0.25, 0.3) is 5.91 Å². The topological polar surface area (TPSA) is 101 Å². The predicted octanol–water partition coefficient (Wildman–Crippen LogP) is -0.622. The Morgan fingerprint density at radius 3 is 2.81 bits per heavy atom. The summed E-state index contributed by atoms with van der Waals surface area (Å²) in [6.07, 6.45) is 0. The zero-order valence-corrected chi connectivity index (χ0v) is 13.1. The molecule has 1 saturated heterocycles. The van der Waals surface area contributed by atoms with Gasteiger partial charge in [-0.05, 0) is 0 Å². The Kier molecular flexibility index (Phi) is 4.63. The summed E-state index contributed by atoms with van der Waals surface area (Å²) in [6.45, 7) is 0.939. The maximum atomic E-state index is 12.6. The van der Waals surface area contributed by atoms with Gasteiger partial charge in [-0.25, -0.2) is 4.98 Å². The summed E-state index contributed by atoms with van der Waals surface area (Å²) in [5.41, 5.74) is 5.83. The molecule has 1 aromatic heterocycles. The number of hydrogen-bond acceptors (Lipinski definition) is 7. The van der Waals surface area contributed by atoms with Crippen molar-refractivity contribution in [2.45, 2.75) is 6.04 Å². The number of hydrogen-bond donors (Lipinski definition) is 2. The highest BCUT2D eigenvalue weighted by Gasteiger charge is 2.34. The minimum Gasteiger partial charge on any atom is -0.382 e. The van der Waals surface area contributed by atoms with Gasteiger partial charge in [0.15, 0.2) is 5.13 Å². The number of nitrogens with two attached hydrogens (primary N) is 1. The average Bonchev–Trinajstić information content (AvgIpc) is 2.88. The molecule has 0 spiro atoms. The number of amides is 2. The van der Waals surface area contributed by atoms with Gasteiger partial charge in [-0.1, -0.05) is 11.3 Å². The summed E-state index contributed by atoms with van der Waals surface area (Å²) < 4.78 is 5.29. The van der Waals surface area contributed by atoms with E-state index in [1.54, 1.807) is 4.90 Å². The number of ether oxygens (including phenoxy) is 1. The summed E-state index contributed by atoms with van der Waals surface area (Å²) in [6, 6.07) is -0.638. The lowest BCUT2D eigenvalue weighted by atomic mass is 10.2. The monoisotopic (exact) mass is 313 g/mol. The molecular formula is C12H19N5O3S. The first-order valence-electron chi connectivity index (χ1n) is 6.49. The van der Waals surface area contributed by atoms with Gasteiger partial charge in [0.2, 0.25) is 5.91 Å². The second-order valence-electron chi connectivity index (χ2n) is 4.81. The second kappa shape index (κ2) is 6.27. The van der Waals surface area contributed by atoms with Gasteiger partial charge in [0, 0.05) is 27.7 Å². The fourth-order valence-electron chi connectivity index (χ4n) is 2.03. The van der Waals surface area contributed by atoms with Crippen LogP contribution in [0, 0.1) is 0 Å². The van der Waals surface area contributed by atoms with Gasteiger partial charge in [-0.3, -0.25) is 9.59 Å². The summed E-state index contributed by atoms with van der Waals surface area (Å²) in [7, 11) is 5.19. The first-order chi connectivity index (χ1) is 9.95. The molecule has 116 valence electrons. The third-order valence-corrected chi connectivity index (χ3v) is 4.38. The van der Waals surface area contributed by atoms with Crippen LogP contribution in [0.3, 0.4) is 0 Å². The van der Waals surface area contributed by atoms with Crippen LogP contribution in [0.1, 0.15) is 9.67 Å². The molecule has 0 aliphatic carbocycles. The largest absolute Gasteiger partial charge is 0.382 e. The molecule has 1 aromatic rings. The van der Waals surface area contributed by atoms with Gasteiger partial charge in [-0.2, -0.15) is 0 Å². The third kappa shape index (κ3) is 3.08. The number of nitrogens with one attached hydrogen (secondary N) is 1. The van der Waals surface area contributed by atoms with Gasteiger partial charge in [0.05, 0.1) is 13.2 Å². The van der Waals surface area contributed by atoms with Crippen LogP contribution in [0.5, 0.6) is 0 Å². The number of aromatic nitrogens is 1. The Labute approximate surface area is 126 Å². The first kappa shape index (κ1) is 15.5. The summed E-state index contributed by atoms with van der Waals surface area (Å²) in [4.78, 5) is 32.3. The number of rotatable bonds is 3. The minimum atomic E-state index is -0.638. The maximum Gasteiger partial charge on any atom is 0.268 e. The Hall–Kier alpha value is -1.87. The van der Waals surface area contributed by atoms with Crippen molar-refractivity contribution in [1.82, 2.24) is 15.2 Å². The van der Waals surface area contributed by atoms with Crippen molar-refractivity contribution in [1.29, 1.82) is 0 Å². The normalized spacial score (nSPS) is 18.4. The van der Waals surface area contributed by atoms with Crippen molar-refractivity contribution in [3.63, 3.8) is 0 Å². The molecule has 0 bridgehead atoms. The lowest BCUT2D eigenvalue weighted by Gasteiger charge is -2.33. The average molecular weight is 313 g/mol. The Bertz CT molecular complexity index is 545. The molecule has 3 N–H and O–H groups in total. The van der Waals surface area contributed by atoms with Crippen LogP contribution in [0.2, 0.25) is 0 Å². The molecule has 1 unspecified atom stereocenters. The highest BCUT2D eigenvalue weighted by Crippen LogP contribution is 2.28. The van der Waals surface area contributed by atoms with E-state index in [0.717, 1.165) is 0 Å². The summed E-state index contributed by atoms with van der Waals surface area (Å²) in [5.74, 6) is -0.343. The fraction of sp³-hybridized carbons (Fsp3) is 0.583. The number of morpholine rings is 1. The molecular weight excluding hydrogens is 294 g/mol. The molecule has 2 heterocycles. The number of nitrogens with zero attached hydrogens (tertiary/aromatic N) is 3. The Morgan fingerprint density at radius 1 is 1.52 bits per heavy atom. The smallest absolute Gasteiger partial charge is 0.268 e. The van der Waals surface area contributed by atoms with Crippen LogP contribution in [0.4, 0.5) is 10.9 Å². The zero-order chi connectivity index (χ0) is 15.6. The lowest BCUT2D eigenvalue weighted by Crippen LogP contribution is -2.55. The molecule has 8 nitrogen and oxygen atoms in total. The van der Waals surface area contributed by atoms with Crippen molar-refractivity contribution in [2.24, 2.45) is 0 Å². The highest BCUT2D eigenvalue weighted by atomic mass is 32.1. The van der Waals surface area contributed by atoms with E-state index in [2.05, 4.69) is 10.3 Å². The van der Waals surface area contributed by atoms with Crippen molar-refractivity contribution in [3.05, 3.63) is 4.88 Å². The quantitative estimate of drug-likeness (QED) is 0.771. The molecule has 1 aliphatic heterocycles. The van der Waals surface area contributed by atoms with Gasteiger partial charge in [-0.15, -0.1) is 0 Å². The number of carbonyl (C=O) groups excluding carboxylic acids is 2. The van der Waals surface area contributed by atoms with E-state index in [4.69, 9.17) is 10.5 Å². The number of anilines is 2. The van der Waals surface area contributed by atoms with Crippen LogP contribution < -0.4 is 16.0 Å². The summed E-state index contributed by atoms with van der Waals surface area (Å²) >= 11 is 1.22. The van der Waals surface area contributed by atoms with E-state index < -0.39 is 6.04 Å². The van der Waals surface area contributed by atoms with Gasteiger partial charge >= 0.3 is 0 Å². The minimum absolute atomic E-state index is 0.185. The maximum absolute atomic E-state index is 12.6. The number of likely N-dealkylation sites (N-methyl/N-ethyl adjacent to an activating group) is 1. The van der Waals surface area contributed by atoms with E-state index in [1.807, 2.05) is 14.1 Å².